The first-order valence-corrected chi connectivity index (χ1v) is 7.96. The Morgan fingerprint density at radius 2 is 2.17 bits per heavy atom. The van der Waals surface area contributed by atoms with E-state index in [9.17, 15) is 4.39 Å². The van der Waals surface area contributed by atoms with Crippen LogP contribution in [0.3, 0.4) is 0 Å². The largest absolute Gasteiger partial charge is 0.423 e. The van der Waals surface area contributed by atoms with Gasteiger partial charge in [0.1, 0.15) is 17.2 Å². The van der Waals surface area contributed by atoms with E-state index in [1.54, 1.807) is 18.5 Å². The SMILES string of the molecule is CN(Cc1ncccn1)[C@@H]1CCN(c2nc3cc(F)ccc3o2)C1. The van der Waals surface area contributed by atoms with Gasteiger partial charge in [-0.1, -0.05) is 0 Å². The van der Waals surface area contributed by atoms with Gasteiger partial charge in [0.05, 0.1) is 6.54 Å². The minimum Gasteiger partial charge on any atom is -0.423 e. The summed E-state index contributed by atoms with van der Waals surface area (Å²) in [5, 5.41) is 0. The molecule has 0 saturated carbocycles. The van der Waals surface area contributed by atoms with Crippen LogP contribution in [0.5, 0.6) is 0 Å². The topological polar surface area (TPSA) is 58.3 Å². The van der Waals surface area contributed by atoms with E-state index < -0.39 is 0 Å². The summed E-state index contributed by atoms with van der Waals surface area (Å²) >= 11 is 0. The van der Waals surface area contributed by atoms with Gasteiger partial charge in [-0.2, -0.15) is 4.98 Å². The Kier molecular flexibility index (Phi) is 3.86. The summed E-state index contributed by atoms with van der Waals surface area (Å²) in [5.74, 6) is 0.514. The van der Waals surface area contributed by atoms with Crippen LogP contribution >= 0.6 is 0 Å². The summed E-state index contributed by atoms with van der Waals surface area (Å²) in [6.45, 7) is 2.39. The summed E-state index contributed by atoms with van der Waals surface area (Å²) < 4.78 is 19.0. The molecule has 0 aliphatic carbocycles. The number of hydrogen-bond donors (Lipinski definition) is 0. The van der Waals surface area contributed by atoms with Gasteiger partial charge < -0.3 is 9.32 Å². The Morgan fingerprint density at radius 1 is 1.33 bits per heavy atom. The molecule has 24 heavy (non-hydrogen) atoms. The van der Waals surface area contributed by atoms with Crippen molar-refractivity contribution in [1.82, 2.24) is 19.9 Å². The number of fused-ring (bicyclic) bond motifs is 1. The van der Waals surface area contributed by atoms with E-state index >= 15 is 0 Å². The summed E-state index contributed by atoms with van der Waals surface area (Å²) in [6.07, 6.45) is 4.53. The number of rotatable bonds is 4. The molecule has 2 aromatic heterocycles. The maximum absolute atomic E-state index is 13.3. The summed E-state index contributed by atoms with van der Waals surface area (Å²) in [4.78, 5) is 17.3. The molecule has 0 unspecified atom stereocenters. The molecule has 3 aromatic rings. The van der Waals surface area contributed by atoms with E-state index in [1.807, 2.05) is 6.07 Å². The van der Waals surface area contributed by atoms with Crippen LogP contribution in [-0.4, -0.2) is 46.0 Å². The number of oxazole rings is 1. The number of anilines is 1. The van der Waals surface area contributed by atoms with Gasteiger partial charge in [0.25, 0.3) is 6.01 Å². The van der Waals surface area contributed by atoms with Crippen LogP contribution in [0, 0.1) is 5.82 Å². The Bertz CT molecular complexity index is 837. The summed E-state index contributed by atoms with van der Waals surface area (Å²) in [7, 11) is 2.08. The van der Waals surface area contributed by atoms with E-state index in [-0.39, 0.29) is 5.82 Å². The van der Waals surface area contributed by atoms with E-state index in [0.29, 0.717) is 29.7 Å². The second-order valence-corrected chi connectivity index (χ2v) is 6.08. The number of halogens is 1. The van der Waals surface area contributed by atoms with Gasteiger partial charge in [-0.15, -0.1) is 0 Å². The molecular weight excluding hydrogens is 309 g/mol. The minimum atomic E-state index is -0.302. The molecule has 0 N–H and O–H groups in total. The van der Waals surface area contributed by atoms with Crippen LogP contribution in [0.4, 0.5) is 10.4 Å². The molecule has 1 atom stereocenters. The number of hydrogen-bond acceptors (Lipinski definition) is 6. The minimum absolute atomic E-state index is 0.302. The van der Waals surface area contributed by atoms with Crippen LogP contribution in [0.25, 0.3) is 11.1 Å². The van der Waals surface area contributed by atoms with Crippen molar-refractivity contribution in [2.24, 2.45) is 0 Å². The smallest absolute Gasteiger partial charge is 0.298 e. The lowest BCUT2D eigenvalue weighted by molar-refractivity contribution is 0.244. The van der Waals surface area contributed by atoms with Gasteiger partial charge >= 0.3 is 0 Å². The van der Waals surface area contributed by atoms with Crippen LogP contribution in [0.1, 0.15) is 12.2 Å². The average molecular weight is 327 g/mol. The fourth-order valence-corrected chi connectivity index (χ4v) is 3.06. The number of benzene rings is 1. The molecule has 7 heteroatoms. The third-order valence-electron chi connectivity index (χ3n) is 4.41. The molecule has 1 aromatic carbocycles. The van der Waals surface area contributed by atoms with Crippen molar-refractivity contribution in [1.29, 1.82) is 0 Å². The fraction of sp³-hybridized carbons (Fsp3) is 0.353. The molecule has 1 saturated heterocycles. The Morgan fingerprint density at radius 3 is 3.00 bits per heavy atom. The molecule has 0 spiro atoms. The van der Waals surface area contributed by atoms with Gasteiger partial charge in [-0.3, -0.25) is 4.90 Å². The van der Waals surface area contributed by atoms with E-state index in [2.05, 4.69) is 31.8 Å². The normalized spacial score (nSPS) is 18.0. The lowest BCUT2D eigenvalue weighted by Crippen LogP contribution is -2.34. The predicted molar refractivity (Wildman–Crippen MR) is 88.1 cm³/mol. The Labute approximate surface area is 138 Å². The van der Waals surface area contributed by atoms with Crippen LogP contribution in [-0.2, 0) is 6.54 Å². The van der Waals surface area contributed by atoms with Gasteiger partial charge in [-0.05, 0) is 31.7 Å². The van der Waals surface area contributed by atoms with E-state index in [1.165, 1.54) is 12.1 Å². The number of nitrogens with zero attached hydrogens (tertiary/aromatic N) is 5. The zero-order valence-corrected chi connectivity index (χ0v) is 13.4. The van der Waals surface area contributed by atoms with Crippen molar-refractivity contribution < 1.29 is 8.81 Å². The van der Waals surface area contributed by atoms with Crippen molar-refractivity contribution in [3.63, 3.8) is 0 Å². The van der Waals surface area contributed by atoms with Crippen molar-refractivity contribution >= 4 is 17.1 Å². The van der Waals surface area contributed by atoms with Gasteiger partial charge in [0, 0.05) is 37.6 Å². The molecule has 1 fully saturated rings. The first-order chi connectivity index (χ1) is 11.7. The first kappa shape index (κ1) is 15.0. The molecule has 6 nitrogen and oxygen atoms in total. The van der Waals surface area contributed by atoms with Gasteiger partial charge in [0.2, 0.25) is 0 Å². The molecule has 0 amide bonds. The van der Waals surface area contributed by atoms with Crippen LogP contribution < -0.4 is 4.90 Å². The standard InChI is InChI=1S/C17H18FN5O/c1-22(11-16-19-6-2-7-20-16)13-5-8-23(10-13)17-21-14-9-12(18)3-4-15(14)24-17/h2-4,6-7,9,13H,5,8,10-11H2,1H3/t13-/m1/s1. The molecule has 0 radical (unpaired) electrons. The van der Waals surface area contributed by atoms with E-state index in [4.69, 9.17) is 4.42 Å². The molecule has 4 rings (SSSR count). The second kappa shape index (κ2) is 6.16. The zero-order valence-electron chi connectivity index (χ0n) is 13.4. The highest BCUT2D eigenvalue weighted by Gasteiger charge is 2.29. The Hall–Kier alpha value is -2.54. The molecule has 1 aliphatic rings. The maximum atomic E-state index is 13.3. The fourth-order valence-electron chi connectivity index (χ4n) is 3.06. The van der Waals surface area contributed by atoms with Gasteiger partial charge in [0.15, 0.2) is 5.58 Å². The Balaban J connectivity index is 1.45. The van der Waals surface area contributed by atoms with Crippen LogP contribution in [0.15, 0.2) is 41.1 Å². The lowest BCUT2D eigenvalue weighted by Gasteiger charge is -2.23. The van der Waals surface area contributed by atoms with Crippen molar-refractivity contribution in [2.75, 3.05) is 25.0 Å². The average Bonchev–Trinajstić information content (AvgIpc) is 3.22. The molecule has 124 valence electrons. The zero-order chi connectivity index (χ0) is 16.5. The van der Waals surface area contributed by atoms with E-state index in [0.717, 1.165) is 25.3 Å². The van der Waals surface area contributed by atoms with Crippen molar-refractivity contribution in [3.05, 3.63) is 48.3 Å². The monoisotopic (exact) mass is 327 g/mol. The van der Waals surface area contributed by atoms with Gasteiger partial charge in [-0.25, -0.2) is 14.4 Å². The first-order valence-electron chi connectivity index (χ1n) is 7.96. The molecule has 3 heterocycles. The highest BCUT2D eigenvalue weighted by atomic mass is 19.1. The number of aromatic nitrogens is 3. The third kappa shape index (κ3) is 2.94. The molecular formula is C17H18FN5O. The summed E-state index contributed by atoms with van der Waals surface area (Å²) in [6, 6.07) is 7.15. The van der Waals surface area contributed by atoms with Crippen LogP contribution in [0.2, 0.25) is 0 Å². The second-order valence-electron chi connectivity index (χ2n) is 6.08. The van der Waals surface area contributed by atoms with Crippen molar-refractivity contribution in [3.8, 4) is 0 Å². The maximum Gasteiger partial charge on any atom is 0.298 e. The molecule has 0 bridgehead atoms. The number of likely N-dealkylation sites (N-methyl/N-ethyl adjacent to an activating group) is 1. The highest BCUT2D eigenvalue weighted by Crippen LogP contribution is 2.26. The predicted octanol–water partition coefficient (Wildman–Crippen LogP) is 2.47. The van der Waals surface area contributed by atoms with Crippen molar-refractivity contribution in [2.45, 2.75) is 19.0 Å². The quantitative estimate of drug-likeness (QED) is 0.734. The summed E-state index contributed by atoms with van der Waals surface area (Å²) in [5.41, 5.74) is 1.17. The lowest BCUT2D eigenvalue weighted by atomic mass is 10.2. The highest BCUT2D eigenvalue weighted by molar-refractivity contribution is 5.74. The third-order valence-corrected chi connectivity index (χ3v) is 4.41. The molecule has 1 aliphatic heterocycles.